The summed E-state index contributed by atoms with van der Waals surface area (Å²) in [5, 5.41) is 18.2. The van der Waals surface area contributed by atoms with Gasteiger partial charge in [-0.2, -0.15) is 0 Å². The average Bonchev–Trinajstić information content (AvgIpc) is 2.70. The lowest BCUT2D eigenvalue weighted by molar-refractivity contribution is -0.138. The number of carbonyl (C=O) groups is 1. The Hall–Kier alpha value is -2.04. The fourth-order valence-corrected chi connectivity index (χ4v) is 1.47. The third-order valence-electron chi connectivity index (χ3n) is 2.33. The number of benzene rings is 1. The lowest BCUT2D eigenvalue weighted by Crippen LogP contribution is -2.18. The summed E-state index contributed by atoms with van der Waals surface area (Å²) in [6, 6.07) is 6.01. The first-order valence-electron chi connectivity index (χ1n) is 4.86. The number of phenolic OH excluding ortho intramolecular Hbond substituents is 1. The van der Waals surface area contributed by atoms with Crippen molar-refractivity contribution in [1.82, 2.24) is 0 Å². The molecule has 1 aliphatic rings. The quantitative estimate of drug-likeness (QED) is 0.791. The fraction of sp³-hybridized carbons (Fsp3) is 0.273. The number of phenols is 1. The molecule has 84 valence electrons. The van der Waals surface area contributed by atoms with Gasteiger partial charge in [-0.25, -0.2) is 9.79 Å². The summed E-state index contributed by atoms with van der Waals surface area (Å²) in [5.41, 5.74) is 0.673. The van der Waals surface area contributed by atoms with Crippen molar-refractivity contribution in [2.45, 2.75) is 12.5 Å². The first-order valence-corrected chi connectivity index (χ1v) is 4.86. The SMILES string of the molecule is O=C(O)C1COC(Cc2ccccc2O)=N1. The van der Waals surface area contributed by atoms with Crippen molar-refractivity contribution in [2.24, 2.45) is 4.99 Å². The smallest absolute Gasteiger partial charge is 0.332 e. The molecular weight excluding hydrogens is 210 g/mol. The largest absolute Gasteiger partial charge is 0.508 e. The molecule has 0 amide bonds. The molecule has 1 aromatic carbocycles. The summed E-state index contributed by atoms with van der Waals surface area (Å²) in [7, 11) is 0. The number of ether oxygens (including phenoxy) is 1. The molecule has 2 rings (SSSR count). The zero-order valence-corrected chi connectivity index (χ0v) is 8.46. The summed E-state index contributed by atoms with van der Waals surface area (Å²) in [4.78, 5) is 14.5. The van der Waals surface area contributed by atoms with Crippen molar-refractivity contribution in [3.8, 4) is 5.75 Å². The van der Waals surface area contributed by atoms with E-state index in [0.29, 0.717) is 17.9 Å². The minimum absolute atomic E-state index is 0.0677. The molecule has 1 aliphatic heterocycles. The van der Waals surface area contributed by atoms with Crippen LogP contribution < -0.4 is 0 Å². The van der Waals surface area contributed by atoms with Gasteiger partial charge in [-0.15, -0.1) is 0 Å². The van der Waals surface area contributed by atoms with Crippen LogP contribution in [0.4, 0.5) is 0 Å². The van der Waals surface area contributed by atoms with Gasteiger partial charge >= 0.3 is 5.97 Å². The maximum Gasteiger partial charge on any atom is 0.332 e. The van der Waals surface area contributed by atoms with Crippen LogP contribution in [0.2, 0.25) is 0 Å². The number of carboxylic acids is 1. The molecule has 2 N–H and O–H groups in total. The molecule has 0 radical (unpaired) electrons. The van der Waals surface area contributed by atoms with Crippen LogP contribution in [-0.2, 0) is 16.0 Å². The van der Waals surface area contributed by atoms with Crippen LogP contribution in [0.3, 0.4) is 0 Å². The second-order valence-corrected chi connectivity index (χ2v) is 3.49. The molecule has 0 aromatic heterocycles. The van der Waals surface area contributed by atoms with Crippen LogP contribution in [-0.4, -0.2) is 34.7 Å². The predicted octanol–water partition coefficient (Wildman–Crippen LogP) is 0.817. The Morgan fingerprint density at radius 3 is 2.88 bits per heavy atom. The Bertz CT molecular complexity index is 441. The van der Waals surface area contributed by atoms with Crippen LogP contribution in [0.25, 0.3) is 0 Å². The number of carboxylic acid groups (broad SMARTS) is 1. The van der Waals surface area contributed by atoms with Crippen molar-refractivity contribution in [3.63, 3.8) is 0 Å². The first kappa shape index (κ1) is 10.5. The zero-order valence-electron chi connectivity index (χ0n) is 8.46. The van der Waals surface area contributed by atoms with Crippen molar-refractivity contribution < 1.29 is 19.7 Å². The number of aliphatic carboxylic acids is 1. The second kappa shape index (κ2) is 4.22. The number of aliphatic imine (C=N–C) groups is 1. The van der Waals surface area contributed by atoms with Gasteiger partial charge in [0, 0.05) is 5.56 Å². The van der Waals surface area contributed by atoms with Crippen LogP contribution in [0.5, 0.6) is 5.75 Å². The van der Waals surface area contributed by atoms with E-state index in [1.807, 2.05) is 0 Å². The molecule has 5 nitrogen and oxygen atoms in total. The molecule has 0 saturated heterocycles. The third-order valence-corrected chi connectivity index (χ3v) is 2.33. The predicted molar refractivity (Wildman–Crippen MR) is 56.6 cm³/mol. The van der Waals surface area contributed by atoms with E-state index in [-0.39, 0.29) is 12.4 Å². The lowest BCUT2D eigenvalue weighted by Gasteiger charge is -2.03. The van der Waals surface area contributed by atoms with Crippen LogP contribution in [0.15, 0.2) is 29.3 Å². The summed E-state index contributed by atoms with van der Waals surface area (Å²) >= 11 is 0. The van der Waals surface area contributed by atoms with Gasteiger partial charge in [0.15, 0.2) is 11.9 Å². The number of rotatable bonds is 3. The molecule has 1 atom stereocenters. The molecule has 1 unspecified atom stereocenters. The maximum atomic E-state index is 10.6. The Morgan fingerprint density at radius 1 is 1.50 bits per heavy atom. The number of hydrogen-bond acceptors (Lipinski definition) is 4. The molecule has 16 heavy (non-hydrogen) atoms. The van der Waals surface area contributed by atoms with E-state index in [1.54, 1.807) is 24.3 Å². The van der Waals surface area contributed by atoms with E-state index in [1.165, 1.54) is 0 Å². The fourth-order valence-electron chi connectivity index (χ4n) is 1.47. The Kier molecular flexibility index (Phi) is 2.76. The second-order valence-electron chi connectivity index (χ2n) is 3.49. The molecule has 5 heteroatoms. The van der Waals surface area contributed by atoms with Crippen molar-refractivity contribution >= 4 is 11.9 Å². The van der Waals surface area contributed by atoms with Gasteiger partial charge in [0.1, 0.15) is 12.4 Å². The zero-order chi connectivity index (χ0) is 11.5. The minimum Gasteiger partial charge on any atom is -0.508 e. The first-order chi connectivity index (χ1) is 7.66. The van der Waals surface area contributed by atoms with E-state index in [4.69, 9.17) is 9.84 Å². The normalized spacial score (nSPS) is 19.0. The average molecular weight is 221 g/mol. The molecule has 1 aromatic rings. The van der Waals surface area contributed by atoms with Crippen molar-refractivity contribution in [3.05, 3.63) is 29.8 Å². The summed E-state index contributed by atoms with van der Waals surface area (Å²) in [6.07, 6.45) is 0.316. The highest BCUT2D eigenvalue weighted by Crippen LogP contribution is 2.18. The van der Waals surface area contributed by atoms with Gasteiger partial charge in [0.2, 0.25) is 0 Å². The maximum absolute atomic E-state index is 10.6. The van der Waals surface area contributed by atoms with Gasteiger partial charge in [0.05, 0.1) is 6.42 Å². The summed E-state index contributed by atoms with van der Waals surface area (Å²) < 4.78 is 5.14. The number of aromatic hydroxyl groups is 1. The number of hydrogen-bond donors (Lipinski definition) is 2. The van der Waals surface area contributed by atoms with E-state index in [2.05, 4.69) is 4.99 Å². The Balaban J connectivity index is 2.09. The highest BCUT2D eigenvalue weighted by molar-refractivity contribution is 5.86. The van der Waals surface area contributed by atoms with Gasteiger partial charge in [0.25, 0.3) is 0 Å². The standard InChI is InChI=1S/C11H11NO4/c13-9-4-2-1-3-7(9)5-10-12-8(6-16-10)11(14)15/h1-4,8,13H,5-6H2,(H,14,15). The Labute approximate surface area is 92.0 Å². The van der Waals surface area contributed by atoms with Crippen LogP contribution in [0, 0.1) is 0 Å². The Morgan fingerprint density at radius 2 is 2.25 bits per heavy atom. The number of nitrogens with zero attached hydrogens (tertiary/aromatic N) is 1. The molecule has 0 spiro atoms. The summed E-state index contributed by atoms with van der Waals surface area (Å²) in [5.74, 6) is -0.478. The molecule has 0 aliphatic carbocycles. The van der Waals surface area contributed by atoms with Gasteiger partial charge in [-0.3, -0.25) is 0 Å². The van der Waals surface area contributed by atoms with Crippen molar-refractivity contribution in [2.75, 3.05) is 6.61 Å². The molecule has 1 heterocycles. The van der Waals surface area contributed by atoms with Crippen LogP contribution >= 0.6 is 0 Å². The topological polar surface area (TPSA) is 79.1 Å². The molecular formula is C11H11NO4. The highest BCUT2D eigenvalue weighted by atomic mass is 16.5. The van der Waals surface area contributed by atoms with Crippen molar-refractivity contribution in [1.29, 1.82) is 0 Å². The van der Waals surface area contributed by atoms with Crippen LogP contribution in [0.1, 0.15) is 5.56 Å². The lowest BCUT2D eigenvalue weighted by atomic mass is 10.1. The summed E-state index contributed by atoms with van der Waals surface area (Å²) in [6.45, 7) is 0.0677. The molecule has 0 fully saturated rings. The highest BCUT2D eigenvalue weighted by Gasteiger charge is 2.25. The van der Waals surface area contributed by atoms with Gasteiger partial charge in [-0.05, 0) is 6.07 Å². The number of para-hydroxylation sites is 1. The van der Waals surface area contributed by atoms with Gasteiger partial charge in [-0.1, -0.05) is 18.2 Å². The minimum atomic E-state index is -0.993. The van der Waals surface area contributed by atoms with E-state index in [9.17, 15) is 9.90 Å². The van der Waals surface area contributed by atoms with Gasteiger partial charge < -0.3 is 14.9 Å². The monoisotopic (exact) mass is 221 g/mol. The van der Waals surface area contributed by atoms with E-state index >= 15 is 0 Å². The third kappa shape index (κ3) is 2.13. The molecule has 0 bridgehead atoms. The van der Waals surface area contributed by atoms with E-state index < -0.39 is 12.0 Å². The molecule has 0 saturated carbocycles. The van der Waals surface area contributed by atoms with E-state index in [0.717, 1.165) is 0 Å².